The van der Waals surface area contributed by atoms with E-state index in [1.807, 2.05) is 0 Å². The minimum absolute atomic E-state index is 1.28. The van der Waals surface area contributed by atoms with E-state index >= 15 is 0 Å². The Morgan fingerprint density at radius 2 is 0.952 bits per heavy atom. The summed E-state index contributed by atoms with van der Waals surface area (Å²) in [7, 11) is 0. The molecule has 0 spiro atoms. The lowest BCUT2D eigenvalue weighted by atomic mass is 10.4. The fourth-order valence-electron chi connectivity index (χ4n) is 0.637. The average Bonchev–Trinajstić information content (AvgIpc) is 2.08. The Morgan fingerprint density at radius 1 is 0.667 bits per heavy atom. The molecule has 0 atom stereocenters. The van der Waals surface area contributed by atoms with Crippen LogP contribution >= 0.6 is 23.5 Å². The van der Waals surface area contributed by atoms with Crippen molar-refractivity contribution in [2.45, 2.75) is 28.9 Å². The van der Waals surface area contributed by atoms with E-state index in [9.17, 15) is 52.7 Å². The number of nitrogens with zero attached hydrogens (tertiary/aromatic N) is 1. The van der Waals surface area contributed by atoms with E-state index in [0.717, 1.165) is 0 Å². The molecule has 0 unspecified atom stereocenters. The first-order valence-electron chi connectivity index (χ1n) is 4.07. The molecule has 0 aromatic carbocycles. The quantitative estimate of drug-likeness (QED) is 0.275. The molecule has 21 heavy (non-hydrogen) atoms. The zero-order valence-corrected chi connectivity index (χ0v) is 10.3. The van der Waals surface area contributed by atoms with Gasteiger partial charge >= 0.3 is 28.9 Å². The van der Waals surface area contributed by atoms with Gasteiger partial charge < -0.3 is 0 Å². The van der Waals surface area contributed by atoms with Gasteiger partial charge in [-0.2, -0.15) is 52.7 Å². The first-order chi connectivity index (χ1) is 8.84. The Balaban J connectivity index is 5.83. The lowest BCUT2D eigenvalue weighted by molar-refractivity contribution is -0.238. The third-order valence-electron chi connectivity index (χ3n) is 1.53. The maximum absolute atomic E-state index is 12.1. The van der Waals surface area contributed by atoms with E-state index in [2.05, 4.69) is 11.6 Å². The van der Waals surface area contributed by atoms with Crippen LogP contribution in [0.25, 0.3) is 0 Å². The van der Waals surface area contributed by atoms with Gasteiger partial charge in [0.2, 0.25) is 5.71 Å². The zero-order valence-electron chi connectivity index (χ0n) is 8.77. The van der Waals surface area contributed by atoms with E-state index < -0.39 is 46.6 Å². The van der Waals surface area contributed by atoms with Crippen molar-refractivity contribution < 1.29 is 52.7 Å². The molecule has 0 amide bonds. The predicted molar refractivity (Wildman–Crippen MR) is 47.8 cm³/mol. The highest BCUT2D eigenvalue weighted by molar-refractivity contribution is 8.01. The number of hydrogen-bond donors (Lipinski definition) is 0. The predicted octanol–water partition coefficient (Wildman–Crippen LogP) is 5.26. The van der Waals surface area contributed by atoms with Crippen LogP contribution in [-0.2, 0) is 0 Å². The van der Waals surface area contributed by atoms with Crippen molar-refractivity contribution in [3.63, 3.8) is 0 Å². The summed E-state index contributed by atoms with van der Waals surface area (Å²) in [6.45, 7) is 0. The van der Waals surface area contributed by atoms with E-state index in [4.69, 9.17) is 0 Å². The lowest BCUT2D eigenvalue weighted by Gasteiger charge is -2.29. The van der Waals surface area contributed by atoms with Crippen LogP contribution in [0.2, 0.25) is 0 Å². The molecule has 0 aliphatic carbocycles. The number of alkyl halides is 13. The molecule has 0 rings (SSSR count). The minimum Gasteiger partial charge on any atom is -0.204 e. The van der Waals surface area contributed by atoms with Crippen molar-refractivity contribution >= 4 is 29.3 Å². The van der Waals surface area contributed by atoms with Gasteiger partial charge in [0, 0.05) is 11.9 Å². The van der Waals surface area contributed by atoms with Crippen molar-refractivity contribution in [1.82, 2.24) is 0 Å². The smallest absolute Gasteiger partial charge is 0.204 e. The third-order valence-corrected chi connectivity index (χ3v) is 3.15. The standard InChI is InChI=1S/C6ClF12NS/c7-4(5(14,15)16,6(17,18)19)21-20-1(2(8,9)10)3(11,12)13. The molecule has 0 aliphatic heterocycles. The first kappa shape index (κ1) is 20.5. The first-order valence-corrected chi connectivity index (χ1v) is 5.22. The molecule has 0 aromatic rings. The average molecular weight is 382 g/mol. The summed E-state index contributed by atoms with van der Waals surface area (Å²) < 4.78 is 140. The molecule has 0 heterocycles. The van der Waals surface area contributed by atoms with Crippen LogP contribution in [-0.4, -0.2) is 34.6 Å². The molecule has 0 saturated heterocycles. The Morgan fingerprint density at radius 3 is 1.14 bits per heavy atom. The number of rotatable bonds is 2. The summed E-state index contributed by atoms with van der Waals surface area (Å²) in [5.41, 5.74) is -3.79. The number of hydrogen-bond acceptors (Lipinski definition) is 2. The van der Waals surface area contributed by atoms with Gasteiger partial charge in [0.05, 0.1) is 0 Å². The van der Waals surface area contributed by atoms with E-state index in [0.29, 0.717) is 0 Å². The van der Waals surface area contributed by atoms with Gasteiger partial charge in [-0.3, -0.25) is 0 Å². The van der Waals surface area contributed by atoms with Gasteiger partial charge in [0.1, 0.15) is 0 Å². The van der Waals surface area contributed by atoms with Crippen LogP contribution in [0.15, 0.2) is 4.40 Å². The highest BCUT2D eigenvalue weighted by Crippen LogP contribution is 2.56. The minimum atomic E-state index is -6.41. The zero-order chi connectivity index (χ0) is 17.5. The highest BCUT2D eigenvalue weighted by Gasteiger charge is 2.72. The van der Waals surface area contributed by atoms with Crippen molar-refractivity contribution in [1.29, 1.82) is 0 Å². The largest absolute Gasteiger partial charge is 0.439 e. The van der Waals surface area contributed by atoms with Gasteiger partial charge in [0.15, 0.2) is 0 Å². The third kappa shape index (κ3) is 4.72. The summed E-state index contributed by atoms with van der Waals surface area (Å²) in [6, 6.07) is 0. The summed E-state index contributed by atoms with van der Waals surface area (Å²) in [6.07, 6.45) is -25.5. The summed E-state index contributed by atoms with van der Waals surface area (Å²) in [4.78, 5) is 0. The van der Waals surface area contributed by atoms with Crippen molar-refractivity contribution in [3.05, 3.63) is 0 Å². The summed E-state index contributed by atoms with van der Waals surface area (Å²) >= 11 is 1.97. The SMILES string of the molecule is FC(F)(F)C(=NSC(Cl)(C(F)(F)F)C(F)(F)F)C(F)(F)F. The maximum atomic E-state index is 12.1. The van der Waals surface area contributed by atoms with Gasteiger partial charge in [-0.1, -0.05) is 11.6 Å². The lowest BCUT2D eigenvalue weighted by Crippen LogP contribution is -2.49. The molecule has 126 valence electrons. The normalized spacial score (nSPS) is 15.1. The van der Waals surface area contributed by atoms with Crippen LogP contribution in [0.1, 0.15) is 0 Å². The fraction of sp³-hybridized carbons (Fsp3) is 0.833. The topological polar surface area (TPSA) is 12.4 Å². The Labute approximate surface area is 116 Å². The second-order valence-electron chi connectivity index (χ2n) is 3.12. The van der Waals surface area contributed by atoms with Gasteiger partial charge in [-0.05, 0) is 0 Å². The van der Waals surface area contributed by atoms with Crippen LogP contribution in [0, 0.1) is 0 Å². The number of halogens is 13. The van der Waals surface area contributed by atoms with Crippen molar-refractivity contribution in [2.24, 2.45) is 4.40 Å². The van der Waals surface area contributed by atoms with Gasteiger partial charge in [0.25, 0.3) is 0 Å². The highest BCUT2D eigenvalue weighted by atomic mass is 35.5. The molecule has 0 fully saturated rings. The van der Waals surface area contributed by atoms with Crippen LogP contribution in [0.3, 0.4) is 0 Å². The molecule has 0 bridgehead atoms. The van der Waals surface area contributed by atoms with Crippen molar-refractivity contribution in [2.75, 3.05) is 0 Å². The maximum Gasteiger partial charge on any atom is 0.439 e. The summed E-state index contributed by atoms with van der Waals surface area (Å²) in [5, 5.41) is 0. The van der Waals surface area contributed by atoms with Gasteiger partial charge in [-0.25, -0.2) is 4.40 Å². The molecular formula is C6ClF12NS. The van der Waals surface area contributed by atoms with E-state index in [1.54, 1.807) is 0 Å². The van der Waals surface area contributed by atoms with Crippen LogP contribution in [0.5, 0.6) is 0 Å². The second kappa shape index (κ2) is 5.59. The Bertz CT molecular complexity index is 370. The summed E-state index contributed by atoms with van der Waals surface area (Å²) in [5.74, 6) is 0. The second-order valence-corrected chi connectivity index (χ2v) is 4.89. The van der Waals surface area contributed by atoms with E-state index in [-0.39, 0.29) is 0 Å². The van der Waals surface area contributed by atoms with E-state index in [1.165, 1.54) is 4.40 Å². The van der Waals surface area contributed by atoms with Crippen LogP contribution < -0.4 is 0 Å². The monoisotopic (exact) mass is 381 g/mol. The van der Waals surface area contributed by atoms with Gasteiger partial charge in [-0.15, -0.1) is 0 Å². The molecule has 0 aliphatic rings. The van der Waals surface area contributed by atoms with Crippen LogP contribution in [0.4, 0.5) is 52.7 Å². The molecular weight excluding hydrogens is 382 g/mol. The molecule has 0 saturated carbocycles. The Hall–Kier alpha value is -0.530. The molecule has 0 N–H and O–H groups in total. The van der Waals surface area contributed by atoms with Crippen molar-refractivity contribution in [3.8, 4) is 0 Å². The molecule has 15 heteroatoms. The molecule has 0 aromatic heterocycles. The fourth-order valence-corrected chi connectivity index (χ4v) is 1.37. The molecule has 0 radical (unpaired) electrons. The molecule has 1 nitrogen and oxygen atoms in total. The Kier molecular flexibility index (Phi) is 5.45.